The SMILES string of the molecule is N#Cc1ccc2ncc(-c3cnc4[nH]cc(C=CC(N)=O)c4n3)cc2c1. The summed E-state index contributed by atoms with van der Waals surface area (Å²) < 4.78 is 0. The molecule has 0 fully saturated rings. The molecule has 0 spiro atoms. The van der Waals surface area contributed by atoms with E-state index in [0.717, 1.165) is 16.5 Å². The van der Waals surface area contributed by atoms with Crippen LogP contribution >= 0.6 is 0 Å². The first-order chi connectivity index (χ1) is 12.6. The molecule has 26 heavy (non-hydrogen) atoms. The zero-order chi connectivity index (χ0) is 18.1. The summed E-state index contributed by atoms with van der Waals surface area (Å²) in [6.45, 7) is 0. The standard InChI is InChI=1S/C19H12N6O/c20-7-11-1-3-15-13(5-11)6-14(9-22-15)16-10-24-19-18(25-16)12(8-23-19)2-4-17(21)26/h1-6,8-10H,(H2,21,26)(H,23,24). The lowest BCUT2D eigenvalue weighted by Gasteiger charge is -2.03. The molecule has 0 saturated heterocycles. The van der Waals surface area contributed by atoms with Crippen LogP contribution in [0.4, 0.5) is 0 Å². The number of amides is 1. The maximum absolute atomic E-state index is 11.0. The molecule has 124 valence electrons. The minimum absolute atomic E-state index is 0.532. The van der Waals surface area contributed by atoms with Crippen LogP contribution in [0.25, 0.3) is 39.4 Å². The number of nitrogens with zero attached hydrogens (tertiary/aromatic N) is 4. The topological polar surface area (TPSA) is 121 Å². The van der Waals surface area contributed by atoms with Gasteiger partial charge in [0.05, 0.1) is 29.0 Å². The Bertz CT molecular complexity index is 1230. The number of benzene rings is 1. The number of fused-ring (bicyclic) bond motifs is 2. The first-order valence-electron chi connectivity index (χ1n) is 7.76. The molecule has 3 aromatic heterocycles. The predicted molar refractivity (Wildman–Crippen MR) is 97.6 cm³/mol. The highest BCUT2D eigenvalue weighted by Gasteiger charge is 2.09. The van der Waals surface area contributed by atoms with Crippen LogP contribution in [-0.4, -0.2) is 25.8 Å². The second-order valence-electron chi connectivity index (χ2n) is 5.68. The summed E-state index contributed by atoms with van der Waals surface area (Å²) in [6.07, 6.45) is 7.95. The monoisotopic (exact) mass is 340 g/mol. The Balaban J connectivity index is 1.83. The molecule has 4 aromatic rings. The number of aromatic amines is 1. The number of nitrogens with two attached hydrogens (primary N) is 1. The van der Waals surface area contributed by atoms with Crippen molar-refractivity contribution in [2.24, 2.45) is 5.73 Å². The van der Waals surface area contributed by atoms with Crippen LogP contribution in [0.2, 0.25) is 0 Å². The van der Waals surface area contributed by atoms with Crippen LogP contribution in [0.5, 0.6) is 0 Å². The number of H-pyrrole nitrogens is 1. The summed E-state index contributed by atoms with van der Waals surface area (Å²) in [6, 6.07) is 9.38. The Hall–Kier alpha value is -4.05. The molecular weight excluding hydrogens is 328 g/mol. The third kappa shape index (κ3) is 2.76. The molecule has 0 atom stereocenters. The lowest BCUT2D eigenvalue weighted by molar-refractivity contribution is -0.113. The molecule has 0 aliphatic carbocycles. The normalized spacial score (nSPS) is 11.2. The van der Waals surface area contributed by atoms with Crippen molar-refractivity contribution in [3.05, 3.63) is 60.1 Å². The van der Waals surface area contributed by atoms with Gasteiger partial charge >= 0.3 is 0 Å². The third-order valence-electron chi connectivity index (χ3n) is 3.94. The highest BCUT2D eigenvalue weighted by molar-refractivity contribution is 5.94. The zero-order valence-electron chi connectivity index (χ0n) is 13.5. The Kier molecular flexibility index (Phi) is 3.64. The van der Waals surface area contributed by atoms with Crippen molar-refractivity contribution in [3.8, 4) is 17.3 Å². The number of hydrogen-bond donors (Lipinski definition) is 2. The van der Waals surface area contributed by atoms with Gasteiger partial charge in [-0.25, -0.2) is 9.97 Å². The Morgan fingerprint density at radius 3 is 2.92 bits per heavy atom. The quantitative estimate of drug-likeness (QED) is 0.555. The van der Waals surface area contributed by atoms with Crippen LogP contribution in [0.3, 0.4) is 0 Å². The lowest BCUT2D eigenvalue weighted by Crippen LogP contribution is -2.05. The zero-order valence-corrected chi connectivity index (χ0v) is 13.5. The van der Waals surface area contributed by atoms with Crippen molar-refractivity contribution < 1.29 is 4.79 Å². The van der Waals surface area contributed by atoms with Gasteiger partial charge in [-0.05, 0) is 30.3 Å². The van der Waals surface area contributed by atoms with Gasteiger partial charge in [-0.2, -0.15) is 5.26 Å². The molecule has 3 heterocycles. The Labute approximate surface area is 147 Å². The molecule has 4 rings (SSSR count). The van der Waals surface area contributed by atoms with Gasteiger partial charge in [-0.1, -0.05) is 0 Å². The summed E-state index contributed by atoms with van der Waals surface area (Å²) >= 11 is 0. The van der Waals surface area contributed by atoms with E-state index in [0.29, 0.717) is 28.0 Å². The number of pyridine rings is 1. The molecule has 1 aromatic carbocycles. The molecular formula is C19H12N6O. The predicted octanol–water partition coefficient (Wildman–Crippen LogP) is 2.54. The second kappa shape index (κ2) is 6.11. The summed E-state index contributed by atoms with van der Waals surface area (Å²) in [5, 5.41) is 9.92. The van der Waals surface area contributed by atoms with Crippen LogP contribution in [0.1, 0.15) is 11.1 Å². The van der Waals surface area contributed by atoms with E-state index in [-0.39, 0.29) is 0 Å². The fourth-order valence-electron chi connectivity index (χ4n) is 2.69. The summed E-state index contributed by atoms with van der Waals surface area (Å²) in [5.41, 5.74) is 9.90. The number of rotatable bonds is 3. The maximum Gasteiger partial charge on any atom is 0.241 e. The largest absolute Gasteiger partial charge is 0.366 e. The van der Waals surface area contributed by atoms with Crippen LogP contribution in [0.15, 0.2) is 48.9 Å². The van der Waals surface area contributed by atoms with Gasteiger partial charge in [0.1, 0.15) is 5.52 Å². The molecule has 0 unspecified atom stereocenters. The van der Waals surface area contributed by atoms with Crippen LogP contribution < -0.4 is 5.73 Å². The number of nitriles is 1. The van der Waals surface area contributed by atoms with Crippen molar-refractivity contribution in [2.75, 3.05) is 0 Å². The van der Waals surface area contributed by atoms with E-state index in [1.54, 1.807) is 36.8 Å². The van der Waals surface area contributed by atoms with Gasteiger partial charge in [0.25, 0.3) is 0 Å². The van der Waals surface area contributed by atoms with E-state index < -0.39 is 5.91 Å². The van der Waals surface area contributed by atoms with E-state index in [2.05, 4.69) is 26.0 Å². The summed E-state index contributed by atoms with van der Waals surface area (Å²) in [5.74, 6) is -0.532. The molecule has 7 nitrogen and oxygen atoms in total. The highest BCUT2D eigenvalue weighted by atomic mass is 16.1. The number of nitrogens with one attached hydrogen (secondary N) is 1. The number of primary amides is 1. The average molecular weight is 340 g/mol. The lowest BCUT2D eigenvalue weighted by atomic mass is 10.1. The molecule has 7 heteroatoms. The van der Waals surface area contributed by atoms with Crippen molar-refractivity contribution >= 4 is 34.1 Å². The fourth-order valence-corrected chi connectivity index (χ4v) is 2.69. The van der Waals surface area contributed by atoms with Crippen molar-refractivity contribution in [1.82, 2.24) is 19.9 Å². The van der Waals surface area contributed by atoms with Crippen LogP contribution in [0, 0.1) is 11.3 Å². The smallest absolute Gasteiger partial charge is 0.241 e. The number of aromatic nitrogens is 4. The molecule has 1 amide bonds. The number of carbonyl (C=O) groups excluding carboxylic acids is 1. The van der Waals surface area contributed by atoms with E-state index in [1.165, 1.54) is 6.08 Å². The van der Waals surface area contributed by atoms with Gasteiger partial charge in [0, 0.05) is 35.0 Å². The van der Waals surface area contributed by atoms with Gasteiger partial charge in [-0.3, -0.25) is 9.78 Å². The number of hydrogen-bond acceptors (Lipinski definition) is 5. The Morgan fingerprint density at radius 1 is 1.23 bits per heavy atom. The molecule has 0 aliphatic heterocycles. The second-order valence-corrected chi connectivity index (χ2v) is 5.68. The number of carbonyl (C=O) groups is 1. The Morgan fingerprint density at radius 2 is 2.12 bits per heavy atom. The minimum Gasteiger partial charge on any atom is -0.366 e. The summed E-state index contributed by atoms with van der Waals surface area (Å²) in [7, 11) is 0. The van der Waals surface area contributed by atoms with Gasteiger partial charge in [-0.15, -0.1) is 0 Å². The molecule has 0 bridgehead atoms. The van der Waals surface area contributed by atoms with E-state index >= 15 is 0 Å². The average Bonchev–Trinajstić information content (AvgIpc) is 3.07. The molecule has 3 N–H and O–H groups in total. The maximum atomic E-state index is 11.0. The van der Waals surface area contributed by atoms with Crippen LogP contribution in [-0.2, 0) is 4.79 Å². The van der Waals surface area contributed by atoms with Gasteiger partial charge in [0.15, 0.2) is 5.65 Å². The molecule has 0 saturated carbocycles. The minimum atomic E-state index is -0.532. The van der Waals surface area contributed by atoms with Gasteiger partial charge < -0.3 is 10.7 Å². The van der Waals surface area contributed by atoms with Crippen molar-refractivity contribution in [2.45, 2.75) is 0 Å². The van der Waals surface area contributed by atoms with E-state index in [4.69, 9.17) is 11.0 Å². The first-order valence-corrected chi connectivity index (χ1v) is 7.76. The fraction of sp³-hybridized carbons (Fsp3) is 0. The van der Waals surface area contributed by atoms with E-state index in [1.807, 2.05) is 12.1 Å². The summed E-state index contributed by atoms with van der Waals surface area (Å²) in [4.78, 5) is 27.4. The molecule has 0 aliphatic rings. The van der Waals surface area contributed by atoms with Gasteiger partial charge in [0.2, 0.25) is 5.91 Å². The van der Waals surface area contributed by atoms with E-state index in [9.17, 15) is 4.79 Å². The molecule has 0 radical (unpaired) electrons. The first kappa shape index (κ1) is 15.5. The van der Waals surface area contributed by atoms with Crippen molar-refractivity contribution in [1.29, 1.82) is 5.26 Å². The van der Waals surface area contributed by atoms with Crippen molar-refractivity contribution in [3.63, 3.8) is 0 Å². The third-order valence-corrected chi connectivity index (χ3v) is 3.94. The highest BCUT2D eigenvalue weighted by Crippen LogP contribution is 2.24.